The maximum atomic E-state index is 5.23. The van der Waals surface area contributed by atoms with E-state index < -0.39 is 0 Å². The van der Waals surface area contributed by atoms with Crippen LogP contribution in [0, 0.1) is 4.77 Å². The van der Waals surface area contributed by atoms with Crippen LogP contribution in [0.4, 0.5) is 0 Å². The van der Waals surface area contributed by atoms with E-state index in [1.54, 1.807) is 15.6 Å². The lowest BCUT2D eigenvalue weighted by Gasteiger charge is -1.95. The van der Waals surface area contributed by atoms with E-state index >= 15 is 0 Å². The van der Waals surface area contributed by atoms with Gasteiger partial charge in [0, 0.05) is 7.05 Å². The molecule has 1 aromatic heterocycles. The molecule has 0 bridgehead atoms. The maximum absolute atomic E-state index is 5.23. The summed E-state index contributed by atoms with van der Waals surface area (Å²) in [6.45, 7) is 0. The van der Waals surface area contributed by atoms with E-state index in [0.29, 0.717) is 4.77 Å². The predicted octanol–water partition coefficient (Wildman–Crippen LogP) is 2.56. The van der Waals surface area contributed by atoms with E-state index in [1.165, 1.54) is 11.8 Å². The van der Waals surface area contributed by atoms with Crippen LogP contribution in [0.2, 0.25) is 0 Å². The Bertz CT molecular complexity index is 583. The molecule has 0 spiro atoms. The number of nitrogens with zero attached hydrogens (tertiary/aromatic N) is 4. The van der Waals surface area contributed by atoms with Crippen molar-refractivity contribution in [3.63, 3.8) is 0 Å². The molecule has 0 saturated carbocycles. The maximum Gasteiger partial charge on any atom is 0.219 e. The molecule has 0 N–H and O–H groups in total. The van der Waals surface area contributed by atoms with E-state index in [2.05, 4.69) is 10.2 Å². The van der Waals surface area contributed by atoms with Crippen LogP contribution in [0.5, 0.6) is 0 Å². The third-order valence-electron chi connectivity index (χ3n) is 2.18. The number of benzene rings is 1. The van der Waals surface area contributed by atoms with Crippen molar-refractivity contribution in [2.24, 2.45) is 12.1 Å². The third-order valence-corrected chi connectivity index (χ3v) is 3.24. The second-order valence-corrected chi connectivity index (χ2v) is 4.50. The average molecular weight is 264 g/mol. The highest BCUT2D eigenvalue weighted by Crippen LogP contribution is 2.12. The Balaban J connectivity index is 2.36. The molecule has 0 saturated heterocycles. The van der Waals surface area contributed by atoms with Crippen molar-refractivity contribution in [3.05, 3.63) is 40.7 Å². The summed E-state index contributed by atoms with van der Waals surface area (Å²) in [6, 6.07) is 9.89. The SMILES string of the molecule is CSc1nn(C)c(=S)n1/N=C/c1ccccc1. The van der Waals surface area contributed by atoms with Gasteiger partial charge in [-0.1, -0.05) is 42.1 Å². The molecule has 1 aromatic carbocycles. The average Bonchev–Trinajstić information content (AvgIpc) is 2.64. The number of thioether (sulfide) groups is 1. The van der Waals surface area contributed by atoms with Crippen LogP contribution in [0.15, 0.2) is 40.6 Å². The van der Waals surface area contributed by atoms with Gasteiger partial charge in [-0.2, -0.15) is 9.78 Å². The van der Waals surface area contributed by atoms with Gasteiger partial charge in [-0.3, -0.25) is 0 Å². The molecular weight excluding hydrogens is 252 g/mol. The summed E-state index contributed by atoms with van der Waals surface area (Å²) in [5, 5.41) is 9.40. The first-order valence-corrected chi connectivity index (χ1v) is 6.65. The van der Waals surface area contributed by atoms with Gasteiger partial charge in [-0.25, -0.2) is 4.68 Å². The summed E-state index contributed by atoms with van der Waals surface area (Å²) in [5.41, 5.74) is 1.03. The number of aromatic nitrogens is 3. The number of aryl methyl sites for hydroxylation is 1. The lowest BCUT2D eigenvalue weighted by Crippen LogP contribution is -1.94. The predicted molar refractivity (Wildman–Crippen MR) is 73.2 cm³/mol. The molecule has 2 aromatic rings. The highest BCUT2D eigenvalue weighted by Gasteiger charge is 2.05. The normalized spacial score (nSPS) is 11.2. The van der Waals surface area contributed by atoms with Crippen LogP contribution in [-0.2, 0) is 7.05 Å². The summed E-state index contributed by atoms with van der Waals surface area (Å²) in [7, 11) is 1.82. The van der Waals surface area contributed by atoms with Gasteiger partial charge in [0.25, 0.3) is 0 Å². The molecule has 0 fully saturated rings. The fourth-order valence-electron chi connectivity index (χ4n) is 1.32. The fourth-order valence-corrected chi connectivity index (χ4v) is 2.06. The lowest BCUT2D eigenvalue weighted by molar-refractivity contribution is 0.730. The first-order valence-electron chi connectivity index (χ1n) is 5.02. The van der Waals surface area contributed by atoms with Crippen LogP contribution < -0.4 is 0 Å². The van der Waals surface area contributed by atoms with E-state index in [0.717, 1.165) is 10.7 Å². The smallest absolute Gasteiger partial charge is 0.219 e. The van der Waals surface area contributed by atoms with Crippen LogP contribution in [-0.4, -0.2) is 26.9 Å². The zero-order valence-corrected chi connectivity index (χ0v) is 11.2. The summed E-state index contributed by atoms with van der Waals surface area (Å²) in [4.78, 5) is 0. The van der Waals surface area contributed by atoms with Crippen molar-refractivity contribution in [2.45, 2.75) is 5.16 Å². The molecule has 0 aliphatic rings. The highest BCUT2D eigenvalue weighted by molar-refractivity contribution is 7.98. The molecule has 17 heavy (non-hydrogen) atoms. The molecule has 4 nitrogen and oxygen atoms in total. The van der Waals surface area contributed by atoms with Crippen LogP contribution in [0.3, 0.4) is 0 Å². The fraction of sp³-hybridized carbons (Fsp3) is 0.182. The summed E-state index contributed by atoms with van der Waals surface area (Å²) in [5.74, 6) is 0. The monoisotopic (exact) mass is 264 g/mol. The minimum Gasteiger partial charge on any atom is -0.239 e. The topological polar surface area (TPSA) is 35.1 Å². The molecule has 88 valence electrons. The Morgan fingerprint density at radius 3 is 2.71 bits per heavy atom. The molecule has 0 unspecified atom stereocenters. The zero-order valence-electron chi connectivity index (χ0n) is 9.57. The molecule has 2 rings (SSSR count). The molecule has 0 amide bonds. The minimum atomic E-state index is 0.585. The molecule has 1 heterocycles. The first-order chi connectivity index (χ1) is 8.22. The van der Waals surface area contributed by atoms with Crippen LogP contribution in [0.25, 0.3) is 0 Å². The molecule has 0 atom stereocenters. The van der Waals surface area contributed by atoms with E-state index in [4.69, 9.17) is 12.2 Å². The largest absolute Gasteiger partial charge is 0.239 e. The number of hydrogen-bond donors (Lipinski definition) is 0. The Labute approximate surface area is 109 Å². The lowest BCUT2D eigenvalue weighted by atomic mass is 10.2. The molecular formula is C11H12N4S2. The van der Waals surface area contributed by atoms with Crippen molar-refractivity contribution in [3.8, 4) is 0 Å². The van der Waals surface area contributed by atoms with Gasteiger partial charge in [0.15, 0.2) is 0 Å². The Kier molecular flexibility index (Phi) is 3.75. The highest BCUT2D eigenvalue weighted by atomic mass is 32.2. The van der Waals surface area contributed by atoms with Gasteiger partial charge >= 0.3 is 0 Å². The number of hydrogen-bond acceptors (Lipinski definition) is 4. The van der Waals surface area contributed by atoms with Gasteiger partial charge in [0.05, 0.1) is 6.21 Å². The van der Waals surface area contributed by atoms with Crippen molar-refractivity contribution in [2.75, 3.05) is 6.26 Å². The van der Waals surface area contributed by atoms with Gasteiger partial charge < -0.3 is 0 Å². The van der Waals surface area contributed by atoms with Gasteiger partial charge in [0.1, 0.15) is 0 Å². The quantitative estimate of drug-likeness (QED) is 0.485. The molecule has 0 aliphatic heterocycles. The minimum absolute atomic E-state index is 0.585. The molecule has 0 aliphatic carbocycles. The molecule has 6 heteroatoms. The zero-order chi connectivity index (χ0) is 12.3. The summed E-state index contributed by atoms with van der Waals surface area (Å²) in [6.07, 6.45) is 3.73. The van der Waals surface area contributed by atoms with Crippen molar-refractivity contribution < 1.29 is 0 Å². The van der Waals surface area contributed by atoms with Gasteiger partial charge in [-0.15, -0.1) is 5.10 Å². The Hall–Kier alpha value is -1.40. The molecule has 0 radical (unpaired) electrons. The van der Waals surface area contributed by atoms with Crippen LogP contribution >= 0.6 is 24.0 Å². The standard InChI is InChI=1S/C11H12N4S2/c1-14-11(16)15(10(13-14)17-2)12-8-9-6-4-3-5-7-9/h3-8H,1-2H3/b12-8+. The Morgan fingerprint density at radius 1 is 1.35 bits per heavy atom. The van der Waals surface area contributed by atoms with Gasteiger partial charge in [-0.05, 0) is 24.0 Å². The van der Waals surface area contributed by atoms with Crippen molar-refractivity contribution in [1.82, 2.24) is 14.5 Å². The second kappa shape index (κ2) is 5.29. The van der Waals surface area contributed by atoms with Gasteiger partial charge in [0.2, 0.25) is 9.93 Å². The van der Waals surface area contributed by atoms with E-state index in [-0.39, 0.29) is 0 Å². The number of rotatable bonds is 3. The summed E-state index contributed by atoms with van der Waals surface area (Å²) >= 11 is 6.75. The second-order valence-electron chi connectivity index (χ2n) is 3.36. The third kappa shape index (κ3) is 2.65. The first kappa shape index (κ1) is 12.1. The van der Waals surface area contributed by atoms with E-state index in [9.17, 15) is 0 Å². The van der Waals surface area contributed by atoms with E-state index in [1.807, 2.05) is 43.6 Å². The van der Waals surface area contributed by atoms with Crippen LogP contribution in [0.1, 0.15) is 5.56 Å². The summed E-state index contributed by atoms with van der Waals surface area (Å²) < 4.78 is 3.89. The Morgan fingerprint density at radius 2 is 2.06 bits per heavy atom. The van der Waals surface area contributed by atoms with Crippen molar-refractivity contribution >= 4 is 30.2 Å². The van der Waals surface area contributed by atoms with Crippen molar-refractivity contribution in [1.29, 1.82) is 0 Å².